The van der Waals surface area contributed by atoms with Gasteiger partial charge in [0.25, 0.3) is 5.91 Å². The molecule has 0 radical (unpaired) electrons. The van der Waals surface area contributed by atoms with E-state index < -0.39 is 5.82 Å². The summed E-state index contributed by atoms with van der Waals surface area (Å²) in [7, 11) is 3.13. The molecule has 0 aliphatic rings. The van der Waals surface area contributed by atoms with Gasteiger partial charge in [0.2, 0.25) is 0 Å². The highest BCUT2D eigenvalue weighted by atomic mass is 32.1. The van der Waals surface area contributed by atoms with Gasteiger partial charge >= 0.3 is 0 Å². The second-order valence-corrected chi connectivity index (χ2v) is 5.06. The van der Waals surface area contributed by atoms with Gasteiger partial charge in [-0.15, -0.1) is 11.3 Å². The number of halogens is 1. The zero-order valence-electron chi connectivity index (χ0n) is 11.5. The van der Waals surface area contributed by atoms with Crippen molar-refractivity contribution in [2.75, 3.05) is 20.7 Å². The van der Waals surface area contributed by atoms with Crippen LogP contribution in [-0.4, -0.2) is 36.5 Å². The molecular formula is C14H15FN2O2S. The van der Waals surface area contributed by atoms with Crippen LogP contribution in [0.25, 0.3) is 11.3 Å². The predicted octanol–water partition coefficient (Wildman–Crippen LogP) is 3.05. The van der Waals surface area contributed by atoms with Crippen molar-refractivity contribution < 1.29 is 13.9 Å². The van der Waals surface area contributed by atoms with Gasteiger partial charge in [-0.3, -0.25) is 4.79 Å². The molecule has 0 atom stereocenters. The Bertz CT molecular complexity index is 627. The van der Waals surface area contributed by atoms with Crippen molar-refractivity contribution in [2.45, 2.75) is 6.92 Å². The Morgan fingerprint density at radius 1 is 1.50 bits per heavy atom. The standard InChI is InChI=1S/C14H15FN2O2S/c1-4-17(2)14(18)13-16-11(8-20-13)9-5-6-12(19-3)10(15)7-9/h5-8H,4H2,1-3H3. The molecule has 6 heteroatoms. The Labute approximate surface area is 120 Å². The van der Waals surface area contributed by atoms with Crippen LogP contribution in [0, 0.1) is 5.82 Å². The van der Waals surface area contributed by atoms with Crippen molar-refractivity contribution in [2.24, 2.45) is 0 Å². The first-order valence-electron chi connectivity index (χ1n) is 6.11. The molecule has 2 aromatic rings. The van der Waals surface area contributed by atoms with Gasteiger partial charge in [-0.2, -0.15) is 0 Å². The summed E-state index contributed by atoms with van der Waals surface area (Å²) in [6.45, 7) is 2.51. The minimum Gasteiger partial charge on any atom is -0.494 e. The molecule has 106 valence electrons. The number of carbonyl (C=O) groups excluding carboxylic acids is 1. The smallest absolute Gasteiger partial charge is 0.282 e. The quantitative estimate of drug-likeness (QED) is 0.870. The van der Waals surface area contributed by atoms with Crippen LogP contribution >= 0.6 is 11.3 Å². The number of hydrogen-bond donors (Lipinski definition) is 0. The van der Waals surface area contributed by atoms with E-state index in [1.807, 2.05) is 6.92 Å². The highest BCUT2D eigenvalue weighted by Gasteiger charge is 2.16. The molecule has 0 unspecified atom stereocenters. The van der Waals surface area contributed by atoms with Crippen LogP contribution in [0.5, 0.6) is 5.75 Å². The molecule has 0 aliphatic heterocycles. The molecule has 1 amide bonds. The molecule has 20 heavy (non-hydrogen) atoms. The maximum Gasteiger partial charge on any atom is 0.282 e. The summed E-state index contributed by atoms with van der Waals surface area (Å²) in [5.41, 5.74) is 1.21. The van der Waals surface area contributed by atoms with Crippen molar-refractivity contribution in [3.05, 3.63) is 34.4 Å². The fraction of sp³-hybridized carbons (Fsp3) is 0.286. The maximum atomic E-state index is 13.7. The first-order chi connectivity index (χ1) is 9.56. The highest BCUT2D eigenvalue weighted by molar-refractivity contribution is 7.12. The lowest BCUT2D eigenvalue weighted by molar-refractivity contribution is 0.0802. The highest BCUT2D eigenvalue weighted by Crippen LogP contribution is 2.26. The monoisotopic (exact) mass is 294 g/mol. The molecule has 0 saturated carbocycles. The molecule has 0 fully saturated rings. The molecule has 1 aromatic heterocycles. The Hall–Kier alpha value is -1.95. The number of benzene rings is 1. The zero-order valence-corrected chi connectivity index (χ0v) is 12.3. The molecule has 1 heterocycles. The van der Waals surface area contributed by atoms with Gasteiger partial charge in [-0.05, 0) is 25.1 Å². The minimum atomic E-state index is -0.448. The first kappa shape index (κ1) is 14.5. The van der Waals surface area contributed by atoms with E-state index in [9.17, 15) is 9.18 Å². The van der Waals surface area contributed by atoms with E-state index >= 15 is 0 Å². The maximum absolute atomic E-state index is 13.7. The average Bonchev–Trinajstić information content (AvgIpc) is 2.95. The number of methoxy groups -OCH3 is 1. The average molecular weight is 294 g/mol. The summed E-state index contributed by atoms with van der Waals surface area (Å²) in [5, 5.41) is 2.15. The van der Waals surface area contributed by atoms with Crippen LogP contribution in [0.2, 0.25) is 0 Å². The third kappa shape index (κ3) is 2.80. The summed E-state index contributed by atoms with van der Waals surface area (Å²) < 4.78 is 18.5. The summed E-state index contributed by atoms with van der Waals surface area (Å²) in [6.07, 6.45) is 0. The van der Waals surface area contributed by atoms with E-state index in [1.165, 1.54) is 24.5 Å². The molecule has 0 saturated heterocycles. The number of carbonyl (C=O) groups is 1. The van der Waals surface area contributed by atoms with Gasteiger partial charge in [-0.1, -0.05) is 0 Å². The molecule has 0 spiro atoms. The normalized spacial score (nSPS) is 10.4. The second kappa shape index (κ2) is 6.00. The van der Waals surface area contributed by atoms with Gasteiger partial charge < -0.3 is 9.64 Å². The van der Waals surface area contributed by atoms with Crippen LogP contribution in [0.1, 0.15) is 16.7 Å². The third-order valence-electron chi connectivity index (χ3n) is 2.96. The fourth-order valence-electron chi connectivity index (χ4n) is 1.64. The second-order valence-electron chi connectivity index (χ2n) is 4.21. The van der Waals surface area contributed by atoms with E-state index in [0.717, 1.165) is 0 Å². The fourth-order valence-corrected chi connectivity index (χ4v) is 2.46. The Morgan fingerprint density at radius 3 is 2.85 bits per heavy atom. The zero-order chi connectivity index (χ0) is 14.7. The van der Waals surface area contributed by atoms with Crippen LogP contribution in [0.3, 0.4) is 0 Å². The Morgan fingerprint density at radius 2 is 2.25 bits per heavy atom. The van der Waals surface area contributed by atoms with E-state index in [2.05, 4.69) is 4.98 Å². The van der Waals surface area contributed by atoms with Crippen LogP contribution in [0.15, 0.2) is 23.6 Å². The molecule has 0 N–H and O–H groups in total. The largest absolute Gasteiger partial charge is 0.494 e. The lowest BCUT2D eigenvalue weighted by Crippen LogP contribution is -2.25. The van der Waals surface area contributed by atoms with Gasteiger partial charge in [0.1, 0.15) is 0 Å². The van der Waals surface area contributed by atoms with E-state index in [-0.39, 0.29) is 11.7 Å². The minimum absolute atomic E-state index is 0.127. The number of thiazole rings is 1. The number of nitrogens with zero attached hydrogens (tertiary/aromatic N) is 2. The van der Waals surface area contributed by atoms with Crippen molar-refractivity contribution in [3.63, 3.8) is 0 Å². The molecular weight excluding hydrogens is 279 g/mol. The third-order valence-corrected chi connectivity index (χ3v) is 3.79. The number of aromatic nitrogens is 1. The lowest BCUT2D eigenvalue weighted by atomic mass is 10.1. The Kier molecular flexibility index (Phi) is 4.34. The number of hydrogen-bond acceptors (Lipinski definition) is 4. The van der Waals surface area contributed by atoms with Crippen LogP contribution in [-0.2, 0) is 0 Å². The van der Waals surface area contributed by atoms with Gasteiger partial charge in [0.15, 0.2) is 16.6 Å². The van der Waals surface area contributed by atoms with Gasteiger partial charge in [0.05, 0.1) is 12.8 Å². The molecule has 0 bridgehead atoms. The number of rotatable bonds is 4. The first-order valence-corrected chi connectivity index (χ1v) is 6.99. The summed E-state index contributed by atoms with van der Waals surface area (Å²) >= 11 is 1.26. The van der Waals surface area contributed by atoms with Crippen molar-refractivity contribution >= 4 is 17.2 Å². The van der Waals surface area contributed by atoms with Gasteiger partial charge in [-0.25, -0.2) is 9.37 Å². The summed E-state index contributed by atoms with van der Waals surface area (Å²) in [5.74, 6) is -0.389. The van der Waals surface area contributed by atoms with Crippen LogP contribution < -0.4 is 4.74 Å². The SMILES string of the molecule is CCN(C)C(=O)c1nc(-c2ccc(OC)c(F)c2)cs1. The molecule has 4 nitrogen and oxygen atoms in total. The van der Waals surface area contributed by atoms with Crippen LogP contribution in [0.4, 0.5) is 4.39 Å². The van der Waals surface area contributed by atoms with Crippen molar-refractivity contribution in [1.29, 1.82) is 0 Å². The van der Waals surface area contributed by atoms with Crippen molar-refractivity contribution in [3.8, 4) is 17.0 Å². The predicted molar refractivity (Wildman–Crippen MR) is 76.7 cm³/mol. The summed E-state index contributed by atoms with van der Waals surface area (Å²) in [4.78, 5) is 17.8. The summed E-state index contributed by atoms with van der Waals surface area (Å²) in [6, 6.07) is 4.62. The number of amides is 1. The van der Waals surface area contributed by atoms with Gasteiger partial charge in [0, 0.05) is 24.5 Å². The topological polar surface area (TPSA) is 42.4 Å². The van der Waals surface area contributed by atoms with E-state index in [1.54, 1.807) is 29.5 Å². The van der Waals surface area contributed by atoms with E-state index in [0.29, 0.717) is 22.8 Å². The molecule has 0 aliphatic carbocycles. The molecule has 2 rings (SSSR count). The van der Waals surface area contributed by atoms with E-state index in [4.69, 9.17) is 4.74 Å². The van der Waals surface area contributed by atoms with Crippen molar-refractivity contribution in [1.82, 2.24) is 9.88 Å². The number of ether oxygens (including phenoxy) is 1. The lowest BCUT2D eigenvalue weighted by Gasteiger charge is -2.11. The Balaban J connectivity index is 2.29. The molecule has 1 aromatic carbocycles.